The Morgan fingerprint density at radius 2 is 0.286 bits per heavy atom. The minimum absolute atomic E-state index is 0. The molecule has 0 atom stereocenters. The van der Waals surface area contributed by atoms with E-state index in [1.165, 1.54) is 0 Å². The van der Waals surface area contributed by atoms with Crippen LogP contribution in [0.25, 0.3) is 0 Å². The molecule has 0 aliphatic carbocycles. The minimum Gasteiger partial charge on any atom is -1.00 e. The molecule has 0 aliphatic rings. The van der Waals surface area contributed by atoms with E-state index in [0.717, 1.165) is 0 Å². The first-order valence-electron chi connectivity index (χ1n) is 0. The maximum atomic E-state index is 0. The summed E-state index contributed by atoms with van der Waals surface area (Å²) < 4.78 is 0. The van der Waals surface area contributed by atoms with Gasteiger partial charge in [-0.15, -0.1) is 0 Å². The molecule has 0 heterocycles. The number of hydrogen-bond acceptors (Lipinski definition) is 0. The Hall–Kier alpha value is 2.43. The van der Waals surface area contributed by atoms with Crippen LogP contribution in [0.5, 0.6) is 0 Å². The number of halogens is 6. The number of hydrogen-bond donors (Lipinski definition) is 0. The Bertz CT molecular complexity index is 4.14. The molecular weight excluding hydrogens is 397 g/mol. The second-order valence-electron chi connectivity index (χ2n) is 0. The van der Waals surface area contributed by atoms with Crippen LogP contribution in [0.2, 0.25) is 0 Å². The van der Waals surface area contributed by atoms with Crippen LogP contribution in [-0.4, -0.2) is 0 Å². The fourth-order valence-electron chi connectivity index (χ4n) is 0. The molecule has 0 aromatic carbocycles. The maximum Gasteiger partial charge on any atom is 6.00 e. The van der Waals surface area contributed by atoms with Gasteiger partial charge in [0.2, 0.25) is 0 Å². The van der Waals surface area contributed by atoms with E-state index in [0.29, 0.717) is 0 Å². The van der Waals surface area contributed by atoms with Crippen molar-refractivity contribution in [3.05, 3.63) is 0 Å². The molecule has 0 amide bonds. The van der Waals surface area contributed by atoms with Crippen molar-refractivity contribution in [3.63, 3.8) is 0 Å². The summed E-state index contributed by atoms with van der Waals surface area (Å²) in [5.41, 5.74) is 0. The van der Waals surface area contributed by atoms with Gasteiger partial charge in [-0.25, -0.2) is 0 Å². The molecule has 0 saturated heterocycles. The summed E-state index contributed by atoms with van der Waals surface area (Å²) in [6, 6.07) is 0. The first kappa shape index (κ1) is 114. The van der Waals surface area contributed by atoms with Crippen LogP contribution < -0.4 is 74.4 Å². The molecule has 0 saturated carbocycles. The van der Waals surface area contributed by atoms with Crippen molar-refractivity contribution in [2.75, 3.05) is 0 Å². The van der Waals surface area contributed by atoms with Crippen molar-refractivity contribution < 1.29 is 95.5 Å². The first-order chi connectivity index (χ1) is 0. The standard InChI is InChI=1S/6ClH.W/h6*1H;/q;;;;;;+6/p-6. The van der Waals surface area contributed by atoms with Crippen LogP contribution >= 0.6 is 0 Å². The third kappa shape index (κ3) is 59.1. The van der Waals surface area contributed by atoms with E-state index in [-0.39, 0.29) is 95.5 Å². The van der Waals surface area contributed by atoms with Crippen LogP contribution in [0.1, 0.15) is 0 Å². The van der Waals surface area contributed by atoms with Crippen molar-refractivity contribution in [1.82, 2.24) is 0 Å². The fraction of sp³-hybridized carbons (Fsp3) is 0. The van der Waals surface area contributed by atoms with Gasteiger partial charge in [0.1, 0.15) is 0 Å². The molecule has 0 nitrogen and oxygen atoms in total. The monoisotopic (exact) mass is 394 g/mol. The van der Waals surface area contributed by atoms with Gasteiger partial charge < -0.3 is 74.4 Å². The third-order valence-electron chi connectivity index (χ3n) is 0. The fourth-order valence-corrected chi connectivity index (χ4v) is 0. The molecule has 0 fully saturated rings. The topological polar surface area (TPSA) is 0 Å². The van der Waals surface area contributed by atoms with E-state index >= 15 is 0 Å². The van der Waals surface area contributed by atoms with Crippen molar-refractivity contribution in [3.8, 4) is 0 Å². The number of rotatable bonds is 0. The van der Waals surface area contributed by atoms with Crippen LogP contribution in [0.15, 0.2) is 0 Å². The van der Waals surface area contributed by atoms with E-state index in [2.05, 4.69) is 0 Å². The molecule has 0 aromatic heterocycles. The zero-order chi connectivity index (χ0) is 0. The minimum atomic E-state index is 0. The molecule has 0 rings (SSSR count). The summed E-state index contributed by atoms with van der Waals surface area (Å²) in [7, 11) is 0. The van der Waals surface area contributed by atoms with Crippen molar-refractivity contribution in [1.29, 1.82) is 0 Å². The Morgan fingerprint density at radius 1 is 0.286 bits per heavy atom. The Kier molecular flexibility index (Phi) is 1280. The van der Waals surface area contributed by atoms with Crippen molar-refractivity contribution >= 4 is 0 Å². The quantitative estimate of drug-likeness (QED) is 0.382. The van der Waals surface area contributed by atoms with E-state index < -0.39 is 0 Å². The van der Waals surface area contributed by atoms with Crippen LogP contribution in [-0.2, 0) is 21.1 Å². The molecular formula is Cl6W. The van der Waals surface area contributed by atoms with Gasteiger partial charge in [-0.1, -0.05) is 0 Å². The SMILES string of the molecule is [Cl-].[Cl-].[Cl-].[Cl-].[Cl-].[Cl-].[W+6]. The maximum absolute atomic E-state index is 0. The van der Waals surface area contributed by atoms with Gasteiger partial charge in [0.25, 0.3) is 0 Å². The van der Waals surface area contributed by atoms with Gasteiger partial charge in [0, 0.05) is 0 Å². The summed E-state index contributed by atoms with van der Waals surface area (Å²) in [6.07, 6.45) is 0. The van der Waals surface area contributed by atoms with Crippen molar-refractivity contribution in [2.45, 2.75) is 0 Å². The van der Waals surface area contributed by atoms with E-state index in [1.54, 1.807) is 0 Å². The van der Waals surface area contributed by atoms with Crippen LogP contribution in [0, 0.1) is 0 Å². The van der Waals surface area contributed by atoms with Gasteiger partial charge in [0.15, 0.2) is 0 Å². The second-order valence-corrected chi connectivity index (χ2v) is 0. The normalized spacial score (nSPS) is 0. The molecule has 0 aromatic rings. The van der Waals surface area contributed by atoms with Gasteiger partial charge in [-0.05, 0) is 0 Å². The summed E-state index contributed by atoms with van der Waals surface area (Å²) in [4.78, 5) is 0. The van der Waals surface area contributed by atoms with E-state index in [9.17, 15) is 0 Å². The van der Waals surface area contributed by atoms with Crippen LogP contribution in [0.3, 0.4) is 0 Å². The molecule has 7 heteroatoms. The van der Waals surface area contributed by atoms with Gasteiger partial charge in [0.05, 0.1) is 0 Å². The molecule has 0 unspecified atom stereocenters. The summed E-state index contributed by atoms with van der Waals surface area (Å²) in [5, 5.41) is 0. The molecule has 0 radical (unpaired) electrons. The van der Waals surface area contributed by atoms with Crippen LogP contribution in [0.4, 0.5) is 0 Å². The van der Waals surface area contributed by atoms with Crippen molar-refractivity contribution in [2.24, 2.45) is 0 Å². The zero-order valence-corrected chi connectivity index (χ0v) is 10.1. The van der Waals surface area contributed by atoms with E-state index in [1.807, 2.05) is 0 Å². The first-order valence-corrected chi connectivity index (χ1v) is 0. The van der Waals surface area contributed by atoms with E-state index in [4.69, 9.17) is 0 Å². The largest absolute Gasteiger partial charge is 6.00 e. The van der Waals surface area contributed by atoms with Gasteiger partial charge in [-0.3, -0.25) is 0 Å². The van der Waals surface area contributed by atoms with Gasteiger partial charge >= 0.3 is 21.1 Å². The molecule has 0 aliphatic heterocycles. The molecule has 7 heavy (non-hydrogen) atoms. The Balaban J connectivity index is 0. The third-order valence-corrected chi connectivity index (χ3v) is 0. The average molecular weight is 397 g/mol. The summed E-state index contributed by atoms with van der Waals surface area (Å²) in [6.45, 7) is 0. The zero-order valence-electron chi connectivity index (χ0n) is 2.68. The molecule has 0 N–H and O–H groups in total. The predicted molar refractivity (Wildman–Crippen MR) is 0 cm³/mol. The predicted octanol–water partition coefficient (Wildman–Crippen LogP) is -18.0. The summed E-state index contributed by atoms with van der Waals surface area (Å²) >= 11 is 0. The average Bonchev–Trinajstić information content (AvgIpc) is 0. The summed E-state index contributed by atoms with van der Waals surface area (Å²) in [5.74, 6) is 0. The molecule has 48 valence electrons. The molecule has 0 bridgehead atoms. The Labute approximate surface area is 94.7 Å². The smallest absolute Gasteiger partial charge is 1.00 e. The van der Waals surface area contributed by atoms with Gasteiger partial charge in [-0.2, -0.15) is 0 Å². The Morgan fingerprint density at radius 3 is 0.286 bits per heavy atom. The second kappa shape index (κ2) is 78.9. The molecule has 0 spiro atoms.